The summed E-state index contributed by atoms with van der Waals surface area (Å²) in [4.78, 5) is 0. The van der Waals surface area contributed by atoms with E-state index < -0.39 is 22.2 Å². The molecule has 0 spiro atoms. The molecule has 1 aliphatic heterocycles. The molecule has 3 atom stereocenters. The molecule has 0 amide bonds. The Hall–Kier alpha value is -2.16. The van der Waals surface area contributed by atoms with E-state index in [0.29, 0.717) is 16.2 Å². The zero-order valence-electron chi connectivity index (χ0n) is 17.2. The number of ether oxygens (including phenoxy) is 2. The number of rotatable bonds is 6. The normalized spacial score (nSPS) is 20.3. The van der Waals surface area contributed by atoms with Crippen molar-refractivity contribution in [2.75, 3.05) is 20.0 Å². The molecule has 0 bridgehead atoms. The third kappa shape index (κ3) is 4.29. The summed E-state index contributed by atoms with van der Waals surface area (Å²) in [7, 11) is -2.10. The van der Waals surface area contributed by atoms with Gasteiger partial charge in [0.1, 0.15) is 6.10 Å². The molecule has 3 aromatic rings. The molecule has 1 aromatic heterocycles. The van der Waals surface area contributed by atoms with E-state index in [4.69, 9.17) is 21.1 Å². The van der Waals surface area contributed by atoms with Crippen LogP contribution < -0.4 is 0 Å². The van der Waals surface area contributed by atoms with Gasteiger partial charge in [0.15, 0.2) is 0 Å². The first-order valence-electron chi connectivity index (χ1n) is 9.86. The van der Waals surface area contributed by atoms with Crippen molar-refractivity contribution >= 4 is 38.6 Å². The Balaban J connectivity index is 1.94. The molecular weight excluding hydrogens is 438 g/mol. The number of hydrogen-bond donors (Lipinski definition) is 1. The molecule has 1 N–H and O–H groups in total. The topological polar surface area (TPSA) is 77.8 Å². The van der Waals surface area contributed by atoms with E-state index in [1.807, 2.05) is 48.6 Å². The van der Waals surface area contributed by atoms with Gasteiger partial charge < -0.3 is 14.6 Å². The quantitative estimate of drug-likeness (QED) is 0.604. The van der Waals surface area contributed by atoms with Crippen molar-refractivity contribution in [1.29, 1.82) is 0 Å². The Labute approximate surface area is 186 Å². The van der Waals surface area contributed by atoms with Gasteiger partial charge in [0.25, 0.3) is 0 Å². The summed E-state index contributed by atoms with van der Waals surface area (Å²) in [6.07, 6.45) is 3.59. The van der Waals surface area contributed by atoms with Gasteiger partial charge in [0.2, 0.25) is 10.0 Å². The summed E-state index contributed by atoms with van der Waals surface area (Å²) in [5.41, 5.74) is 2.85. The average molecular weight is 462 g/mol. The van der Waals surface area contributed by atoms with E-state index in [-0.39, 0.29) is 19.1 Å². The number of hydrogen-bond acceptors (Lipinski definition) is 5. The van der Waals surface area contributed by atoms with Crippen molar-refractivity contribution in [3.05, 3.63) is 76.5 Å². The van der Waals surface area contributed by atoms with Crippen LogP contribution in [0.4, 0.5) is 0 Å². The molecule has 4 rings (SSSR count). The van der Waals surface area contributed by atoms with Crippen molar-refractivity contribution in [3.8, 4) is 0 Å². The van der Waals surface area contributed by atoms with E-state index in [2.05, 4.69) is 0 Å². The van der Waals surface area contributed by atoms with Crippen LogP contribution in [0.3, 0.4) is 0 Å². The number of fused-ring (bicyclic) bond motifs is 3. The van der Waals surface area contributed by atoms with Crippen molar-refractivity contribution < 1.29 is 23.0 Å². The second-order valence-electron chi connectivity index (χ2n) is 7.64. The molecule has 2 heterocycles. The lowest BCUT2D eigenvalue weighted by Crippen LogP contribution is -2.40. The fourth-order valence-electron chi connectivity index (χ4n) is 4.24. The smallest absolute Gasteiger partial charge is 0.236 e. The zero-order valence-corrected chi connectivity index (χ0v) is 18.8. The van der Waals surface area contributed by atoms with Gasteiger partial charge in [-0.1, -0.05) is 60.2 Å². The molecule has 0 fully saturated rings. The standard InChI is InChI=1S/C23H24ClNO5S/c1-29-14-21(26)23-18(10-8-15-6-4-3-5-7-15)22-17-11-9-16(24)12-19(17)25(31(2,27)28)20(22)13-30-23/h3-12,18,21,23,26H,13-14H2,1-2H3/b10-8+/t18-,21-,23+/m1/s1. The maximum absolute atomic E-state index is 12.7. The molecule has 164 valence electrons. The third-order valence-corrected chi connectivity index (χ3v) is 6.78. The highest BCUT2D eigenvalue weighted by atomic mass is 35.5. The summed E-state index contributed by atoms with van der Waals surface area (Å²) >= 11 is 6.19. The largest absolute Gasteiger partial charge is 0.388 e. The van der Waals surface area contributed by atoms with E-state index in [0.717, 1.165) is 22.8 Å². The minimum Gasteiger partial charge on any atom is -0.388 e. The number of halogens is 1. The summed E-state index contributed by atoms with van der Waals surface area (Å²) in [6.45, 7) is 0.155. The van der Waals surface area contributed by atoms with E-state index in [1.54, 1.807) is 12.1 Å². The Morgan fingerprint density at radius 1 is 1.29 bits per heavy atom. The summed E-state index contributed by atoms with van der Waals surface area (Å²) in [6, 6.07) is 15.0. The average Bonchev–Trinajstić information content (AvgIpc) is 3.06. The Morgan fingerprint density at radius 3 is 2.71 bits per heavy atom. The fraction of sp³-hybridized carbons (Fsp3) is 0.304. The molecule has 0 saturated carbocycles. The minimum absolute atomic E-state index is 0.0514. The first-order valence-corrected chi connectivity index (χ1v) is 12.1. The third-order valence-electron chi connectivity index (χ3n) is 5.47. The monoisotopic (exact) mass is 461 g/mol. The first kappa shape index (κ1) is 22.0. The van der Waals surface area contributed by atoms with Gasteiger partial charge in [0.05, 0.1) is 36.8 Å². The molecular formula is C23H24ClNO5S. The molecule has 1 aliphatic rings. The molecule has 0 unspecified atom stereocenters. The van der Waals surface area contributed by atoms with Crippen LogP contribution in [0.15, 0.2) is 54.6 Å². The second-order valence-corrected chi connectivity index (χ2v) is 9.91. The van der Waals surface area contributed by atoms with Crippen LogP contribution in [0.1, 0.15) is 22.7 Å². The lowest BCUT2D eigenvalue weighted by atomic mass is 9.85. The highest BCUT2D eigenvalue weighted by Gasteiger charge is 2.39. The number of aliphatic hydroxyl groups excluding tert-OH is 1. The Bertz CT molecular complexity index is 1220. The van der Waals surface area contributed by atoms with Gasteiger partial charge in [-0.05, 0) is 23.3 Å². The van der Waals surface area contributed by atoms with E-state index >= 15 is 0 Å². The Kier molecular flexibility index (Phi) is 6.23. The number of aliphatic hydroxyl groups is 1. The summed E-state index contributed by atoms with van der Waals surface area (Å²) in [5, 5.41) is 11.9. The molecule has 8 heteroatoms. The van der Waals surface area contributed by atoms with Gasteiger partial charge in [-0.2, -0.15) is 0 Å². The minimum atomic E-state index is -3.62. The summed E-state index contributed by atoms with van der Waals surface area (Å²) in [5.74, 6) is -0.388. The number of benzene rings is 2. The highest BCUT2D eigenvalue weighted by Crippen LogP contribution is 2.42. The molecule has 0 aliphatic carbocycles. The van der Waals surface area contributed by atoms with Crippen LogP contribution in [0.5, 0.6) is 0 Å². The van der Waals surface area contributed by atoms with E-state index in [9.17, 15) is 13.5 Å². The second kappa shape index (κ2) is 8.76. The predicted octanol–water partition coefficient (Wildman–Crippen LogP) is 3.81. The van der Waals surface area contributed by atoms with Gasteiger partial charge >= 0.3 is 0 Å². The van der Waals surface area contributed by atoms with Gasteiger partial charge in [-0.3, -0.25) is 0 Å². The SMILES string of the molecule is COC[C@@H](O)[C@H]1OCc2c(c3ccc(Cl)cc3n2S(C)(=O)=O)[C@H]1/C=C/c1ccccc1. The first-order chi connectivity index (χ1) is 14.8. The number of nitrogens with zero attached hydrogens (tertiary/aromatic N) is 1. The van der Waals surface area contributed by atoms with Crippen molar-refractivity contribution in [2.45, 2.75) is 24.7 Å². The molecule has 0 saturated heterocycles. The van der Waals surface area contributed by atoms with Gasteiger partial charge in [-0.25, -0.2) is 12.4 Å². The van der Waals surface area contributed by atoms with Crippen molar-refractivity contribution in [1.82, 2.24) is 3.97 Å². The van der Waals surface area contributed by atoms with Crippen molar-refractivity contribution in [3.63, 3.8) is 0 Å². The number of aromatic nitrogens is 1. The molecule has 6 nitrogen and oxygen atoms in total. The van der Waals surface area contributed by atoms with Gasteiger partial charge in [0, 0.05) is 23.4 Å². The van der Waals surface area contributed by atoms with Gasteiger partial charge in [-0.15, -0.1) is 0 Å². The van der Waals surface area contributed by atoms with Crippen molar-refractivity contribution in [2.24, 2.45) is 0 Å². The molecule has 0 radical (unpaired) electrons. The Morgan fingerprint density at radius 2 is 2.03 bits per heavy atom. The molecule has 31 heavy (non-hydrogen) atoms. The maximum atomic E-state index is 12.7. The van der Waals surface area contributed by atoms with Crippen LogP contribution >= 0.6 is 11.6 Å². The van der Waals surface area contributed by atoms with Crippen LogP contribution in [-0.4, -0.2) is 49.7 Å². The zero-order chi connectivity index (χ0) is 22.2. The van der Waals surface area contributed by atoms with Crippen LogP contribution in [0.2, 0.25) is 5.02 Å². The van der Waals surface area contributed by atoms with E-state index in [1.165, 1.54) is 11.1 Å². The lowest BCUT2D eigenvalue weighted by Gasteiger charge is -2.34. The number of methoxy groups -OCH3 is 1. The van der Waals surface area contributed by atoms with Crippen LogP contribution in [0, 0.1) is 0 Å². The maximum Gasteiger partial charge on any atom is 0.236 e. The van der Waals surface area contributed by atoms with Crippen LogP contribution in [0.25, 0.3) is 17.0 Å². The summed E-state index contributed by atoms with van der Waals surface area (Å²) < 4.78 is 37.8. The lowest BCUT2D eigenvalue weighted by molar-refractivity contribution is -0.0851. The van der Waals surface area contributed by atoms with Crippen LogP contribution in [-0.2, 0) is 26.1 Å². The molecule has 2 aromatic carbocycles. The fourth-order valence-corrected chi connectivity index (χ4v) is 5.47. The predicted molar refractivity (Wildman–Crippen MR) is 122 cm³/mol. The highest BCUT2D eigenvalue weighted by molar-refractivity contribution is 7.89.